The molecular formula is C28H42N2O6. The molecule has 4 heterocycles. The number of aliphatic hydroxyl groups excluding tert-OH is 1. The van der Waals surface area contributed by atoms with E-state index >= 15 is 0 Å². The number of rotatable bonds is 11. The fourth-order valence-electron chi connectivity index (χ4n) is 6.52. The molecule has 1 spiro atoms. The topological polar surface area (TPSA) is 96.4 Å². The van der Waals surface area contributed by atoms with Gasteiger partial charge in [-0.2, -0.15) is 0 Å². The molecule has 8 nitrogen and oxygen atoms in total. The largest absolute Gasteiger partial charge is 0.465 e. The summed E-state index contributed by atoms with van der Waals surface area (Å²) >= 11 is 0. The van der Waals surface area contributed by atoms with Crippen molar-refractivity contribution < 1.29 is 29.0 Å². The molecule has 0 aliphatic carbocycles. The lowest BCUT2D eigenvalue weighted by molar-refractivity contribution is -0.161. The van der Waals surface area contributed by atoms with Gasteiger partial charge in [-0.3, -0.25) is 14.4 Å². The number of cyclic esters (lactones) is 1. The van der Waals surface area contributed by atoms with Gasteiger partial charge in [0, 0.05) is 26.2 Å². The molecule has 1 N–H and O–H groups in total. The van der Waals surface area contributed by atoms with E-state index in [0.29, 0.717) is 32.5 Å². The zero-order valence-corrected chi connectivity index (χ0v) is 21.8. The number of nitrogens with zero attached hydrogens (tertiary/aromatic N) is 2. The Balaban J connectivity index is 1.73. The van der Waals surface area contributed by atoms with Crippen molar-refractivity contribution in [1.82, 2.24) is 9.80 Å². The van der Waals surface area contributed by atoms with E-state index in [0.717, 1.165) is 44.9 Å². The molecule has 4 rings (SSSR count). The first-order chi connectivity index (χ1) is 17.5. The Morgan fingerprint density at radius 1 is 0.944 bits per heavy atom. The number of carbonyl (C=O) groups excluding carboxylic acids is 3. The highest BCUT2D eigenvalue weighted by Crippen LogP contribution is 2.58. The molecule has 8 heteroatoms. The number of carbonyl (C=O) groups is 3. The average Bonchev–Trinajstić information content (AvgIpc) is 3.21. The highest BCUT2D eigenvalue weighted by Gasteiger charge is 2.75. The van der Waals surface area contributed by atoms with Crippen LogP contribution >= 0.6 is 0 Å². The molecule has 200 valence electrons. The first kappa shape index (κ1) is 26.9. The van der Waals surface area contributed by atoms with Crippen molar-refractivity contribution in [3.63, 3.8) is 0 Å². The van der Waals surface area contributed by atoms with Crippen LogP contribution in [0.5, 0.6) is 0 Å². The van der Waals surface area contributed by atoms with Crippen molar-refractivity contribution in [2.75, 3.05) is 32.8 Å². The zero-order valence-electron chi connectivity index (χ0n) is 21.8. The van der Waals surface area contributed by atoms with Gasteiger partial charge in [-0.15, -0.1) is 0 Å². The quantitative estimate of drug-likeness (QED) is 0.265. The van der Waals surface area contributed by atoms with Crippen LogP contribution in [0.3, 0.4) is 0 Å². The number of hydrogen-bond acceptors (Lipinski definition) is 6. The molecule has 2 amide bonds. The Bertz CT molecular complexity index is 887. The molecule has 0 radical (unpaired) electrons. The summed E-state index contributed by atoms with van der Waals surface area (Å²) in [7, 11) is 0. The van der Waals surface area contributed by atoms with E-state index in [-0.39, 0.29) is 25.0 Å². The fourth-order valence-corrected chi connectivity index (χ4v) is 6.52. The number of esters is 1. The Hall–Kier alpha value is -2.19. The van der Waals surface area contributed by atoms with E-state index in [4.69, 9.17) is 14.6 Å². The lowest BCUT2D eigenvalue weighted by Crippen LogP contribution is -2.56. The number of hydrogen-bond donors (Lipinski definition) is 1. The predicted octanol–water partition coefficient (Wildman–Crippen LogP) is 2.99. The Kier molecular flexibility index (Phi) is 8.56. The maximum absolute atomic E-state index is 14.1. The van der Waals surface area contributed by atoms with E-state index in [1.54, 1.807) is 4.90 Å². The lowest BCUT2D eigenvalue weighted by Gasteiger charge is -2.38. The monoisotopic (exact) mass is 502 g/mol. The van der Waals surface area contributed by atoms with Gasteiger partial charge in [0.2, 0.25) is 11.8 Å². The van der Waals surface area contributed by atoms with Crippen molar-refractivity contribution in [2.45, 2.75) is 88.9 Å². The minimum absolute atomic E-state index is 0.0971. The number of likely N-dealkylation sites (tertiary alicyclic amines) is 1. The van der Waals surface area contributed by atoms with Crippen LogP contribution in [0.2, 0.25) is 0 Å². The van der Waals surface area contributed by atoms with Gasteiger partial charge in [0.25, 0.3) is 0 Å². The van der Waals surface area contributed by atoms with Crippen LogP contribution in [-0.4, -0.2) is 82.8 Å². The summed E-state index contributed by atoms with van der Waals surface area (Å²) < 4.78 is 12.5. The molecule has 0 saturated carbocycles. The van der Waals surface area contributed by atoms with Crippen molar-refractivity contribution >= 4 is 17.8 Å². The second kappa shape index (κ2) is 11.5. The molecule has 4 aliphatic heterocycles. The summed E-state index contributed by atoms with van der Waals surface area (Å²) in [5.41, 5.74) is -2.18. The number of ether oxygens (including phenoxy) is 2. The maximum Gasteiger partial charge on any atom is 0.313 e. The highest BCUT2D eigenvalue weighted by atomic mass is 16.6. The fraction of sp³-hybridized carbons (Fsp3) is 0.750. The summed E-state index contributed by atoms with van der Waals surface area (Å²) in [4.78, 5) is 45.1. The van der Waals surface area contributed by atoms with Crippen molar-refractivity contribution in [3.05, 3.63) is 24.3 Å². The van der Waals surface area contributed by atoms with Crippen molar-refractivity contribution in [2.24, 2.45) is 11.8 Å². The summed E-state index contributed by atoms with van der Waals surface area (Å²) in [6.45, 7) is 6.05. The van der Waals surface area contributed by atoms with Crippen LogP contribution in [0.15, 0.2) is 24.3 Å². The average molecular weight is 503 g/mol. The van der Waals surface area contributed by atoms with E-state index in [9.17, 15) is 14.4 Å². The third-order valence-corrected chi connectivity index (χ3v) is 8.32. The molecule has 1 unspecified atom stereocenters. The van der Waals surface area contributed by atoms with Gasteiger partial charge in [0.15, 0.2) is 0 Å². The zero-order chi connectivity index (χ0) is 25.8. The molecule has 0 aromatic rings. The van der Waals surface area contributed by atoms with E-state index in [1.165, 1.54) is 0 Å². The van der Waals surface area contributed by atoms with Gasteiger partial charge in [0.05, 0.1) is 12.5 Å². The van der Waals surface area contributed by atoms with Gasteiger partial charge in [-0.25, -0.2) is 0 Å². The molecule has 2 fully saturated rings. The number of aliphatic hydroxyl groups is 1. The molecule has 0 aromatic heterocycles. The first-order valence-electron chi connectivity index (χ1n) is 13.9. The van der Waals surface area contributed by atoms with Crippen molar-refractivity contribution in [1.29, 1.82) is 0 Å². The minimum Gasteiger partial charge on any atom is -0.465 e. The Morgan fingerprint density at radius 2 is 1.72 bits per heavy atom. The third kappa shape index (κ3) is 4.62. The summed E-state index contributed by atoms with van der Waals surface area (Å²) in [6.07, 6.45) is 15.0. The molecule has 0 aromatic carbocycles. The van der Waals surface area contributed by atoms with Crippen LogP contribution in [0.25, 0.3) is 0 Å². The number of fused-ring (bicyclic) bond motifs is 2. The smallest absolute Gasteiger partial charge is 0.313 e. The minimum atomic E-state index is -1.20. The Labute approximate surface area is 214 Å². The van der Waals surface area contributed by atoms with Crippen LogP contribution in [-0.2, 0) is 23.9 Å². The number of amides is 2. The van der Waals surface area contributed by atoms with Gasteiger partial charge in [0.1, 0.15) is 23.2 Å². The van der Waals surface area contributed by atoms with Gasteiger partial charge in [-0.05, 0) is 32.1 Å². The molecule has 2 saturated heterocycles. The van der Waals surface area contributed by atoms with Crippen molar-refractivity contribution in [3.8, 4) is 0 Å². The normalized spacial score (nSPS) is 33.6. The molecule has 4 aliphatic rings. The van der Waals surface area contributed by atoms with Crippen LogP contribution < -0.4 is 0 Å². The van der Waals surface area contributed by atoms with Crippen LogP contribution in [0.4, 0.5) is 0 Å². The standard InChI is InChI=1S/C28H42N2O6/c1-3-5-9-16-29-17-13-15-28-21(22-26(34)35-20-12-8-14-27(22,4-2)36-28)24(32)30(23(28)25(29)33)18-10-6-7-11-19-31/h8,13-15,21-23,31H,3-7,9-12,16-20H2,1-2H3/t21-,22-,23?,27+,28-/m0/s1. The van der Waals surface area contributed by atoms with E-state index < -0.39 is 35.0 Å². The second-order valence-electron chi connectivity index (χ2n) is 10.5. The van der Waals surface area contributed by atoms with Gasteiger partial charge >= 0.3 is 5.97 Å². The molecular weight excluding hydrogens is 460 g/mol. The highest BCUT2D eigenvalue weighted by molar-refractivity contribution is 5.99. The molecule has 36 heavy (non-hydrogen) atoms. The summed E-state index contributed by atoms with van der Waals surface area (Å²) in [6, 6.07) is -0.800. The Morgan fingerprint density at radius 3 is 2.47 bits per heavy atom. The SMILES string of the molecule is CCCCCN1CC=C[C@]23O[C@]4(CC)C=CCCOC(=O)[C@@H]4[C@H]2C(=O)N(CCCCCCO)C3C1=O. The van der Waals surface area contributed by atoms with E-state index in [2.05, 4.69) is 6.92 Å². The van der Waals surface area contributed by atoms with Crippen LogP contribution in [0, 0.1) is 11.8 Å². The lowest BCUT2D eigenvalue weighted by atomic mass is 9.73. The maximum atomic E-state index is 14.1. The number of unbranched alkanes of at least 4 members (excludes halogenated alkanes) is 5. The van der Waals surface area contributed by atoms with E-state index in [1.807, 2.05) is 36.1 Å². The first-order valence-corrected chi connectivity index (χ1v) is 13.9. The molecule has 0 bridgehead atoms. The second-order valence-corrected chi connectivity index (χ2v) is 10.5. The van der Waals surface area contributed by atoms with Crippen LogP contribution in [0.1, 0.15) is 71.6 Å². The predicted molar refractivity (Wildman–Crippen MR) is 135 cm³/mol. The van der Waals surface area contributed by atoms with Gasteiger partial charge < -0.3 is 24.4 Å². The summed E-state index contributed by atoms with van der Waals surface area (Å²) in [5.74, 6) is -2.30. The molecule has 5 atom stereocenters. The van der Waals surface area contributed by atoms with Gasteiger partial charge in [-0.1, -0.05) is 63.8 Å². The third-order valence-electron chi connectivity index (χ3n) is 8.32. The summed E-state index contributed by atoms with van der Waals surface area (Å²) in [5, 5.41) is 9.10.